The number of phenolic OH excluding ortho intramolecular Hbond substituents is 1. The van der Waals surface area contributed by atoms with Crippen LogP contribution in [0.4, 0.5) is 0 Å². The second kappa shape index (κ2) is 6.06. The molecule has 0 saturated heterocycles. The maximum absolute atomic E-state index is 9.49. The van der Waals surface area contributed by atoms with Gasteiger partial charge in [0.25, 0.3) is 0 Å². The molecule has 0 aliphatic heterocycles. The van der Waals surface area contributed by atoms with Crippen molar-refractivity contribution in [3.8, 4) is 5.75 Å². The van der Waals surface area contributed by atoms with Crippen molar-refractivity contribution in [2.75, 3.05) is 5.88 Å². The average Bonchev–Trinajstić information content (AvgIpc) is 2.91. The molecule has 120 valence electrons. The van der Waals surface area contributed by atoms with E-state index in [2.05, 4.69) is 25.0 Å². The minimum absolute atomic E-state index is 0.236. The molecule has 3 aromatic rings. The Balaban J connectivity index is 2.09. The van der Waals surface area contributed by atoms with Gasteiger partial charge in [-0.05, 0) is 35.4 Å². The number of phenols is 1. The van der Waals surface area contributed by atoms with Crippen molar-refractivity contribution in [2.45, 2.75) is 25.8 Å². The van der Waals surface area contributed by atoms with Gasteiger partial charge < -0.3 is 5.11 Å². The molecule has 0 atom stereocenters. The van der Waals surface area contributed by atoms with Crippen LogP contribution in [0.3, 0.4) is 0 Å². The van der Waals surface area contributed by atoms with Crippen molar-refractivity contribution < 1.29 is 5.11 Å². The summed E-state index contributed by atoms with van der Waals surface area (Å²) in [6.45, 7) is 4.93. The minimum atomic E-state index is -0.236. The lowest BCUT2D eigenvalue weighted by Gasteiger charge is -2.26. The largest absolute Gasteiger partial charge is 0.508 e. The third-order valence-electron chi connectivity index (χ3n) is 4.23. The minimum Gasteiger partial charge on any atom is -0.508 e. The predicted octanol–water partition coefficient (Wildman–Crippen LogP) is 4.96. The maximum Gasteiger partial charge on any atom is 0.115 e. The van der Waals surface area contributed by atoms with E-state index in [0.717, 1.165) is 22.0 Å². The highest BCUT2D eigenvalue weighted by Crippen LogP contribution is 2.36. The Bertz CT molecular complexity index is 838. The fourth-order valence-corrected chi connectivity index (χ4v) is 3.19. The summed E-state index contributed by atoms with van der Waals surface area (Å²) in [5.74, 6) is 0.776. The van der Waals surface area contributed by atoms with Crippen LogP contribution in [-0.2, 0) is 12.0 Å². The van der Waals surface area contributed by atoms with Crippen LogP contribution in [0.1, 0.15) is 25.0 Å². The zero-order valence-corrected chi connectivity index (χ0v) is 14.6. The number of aromatic nitrogens is 2. The molecule has 0 fully saturated rings. The van der Waals surface area contributed by atoms with E-state index >= 15 is 0 Å². The van der Waals surface area contributed by atoms with Crippen molar-refractivity contribution >= 4 is 34.1 Å². The van der Waals surface area contributed by atoms with Gasteiger partial charge in [-0.25, -0.2) is 0 Å². The first-order valence-electron chi connectivity index (χ1n) is 7.44. The number of aromatic hydroxyl groups is 1. The number of aryl methyl sites for hydroxylation is 1. The zero-order chi connectivity index (χ0) is 16.6. The van der Waals surface area contributed by atoms with E-state index in [9.17, 15) is 5.11 Å². The molecule has 0 bridgehead atoms. The number of halogens is 2. The summed E-state index contributed by atoms with van der Waals surface area (Å²) in [4.78, 5) is 0. The van der Waals surface area contributed by atoms with Crippen molar-refractivity contribution in [3.05, 3.63) is 58.7 Å². The lowest BCUT2D eigenvalue weighted by Crippen LogP contribution is -2.18. The van der Waals surface area contributed by atoms with E-state index in [1.54, 1.807) is 12.1 Å². The number of fused-ring (bicyclic) bond motifs is 1. The highest BCUT2D eigenvalue weighted by atomic mass is 35.5. The second-order valence-electron chi connectivity index (χ2n) is 6.15. The van der Waals surface area contributed by atoms with Crippen molar-refractivity contribution in [2.24, 2.45) is 0 Å². The third kappa shape index (κ3) is 3.04. The molecule has 1 N–H and O–H groups in total. The van der Waals surface area contributed by atoms with Gasteiger partial charge in [0, 0.05) is 22.9 Å². The van der Waals surface area contributed by atoms with Crippen LogP contribution >= 0.6 is 23.2 Å². The molecular formula is C18H18Cl2N2O. The van der Waals surface area contributed by atoms with Crippen LogP contribution in [0.25, 0.3) is 10.9 Å². The Morgan fingerprint density at radius 2 is 1.83 bits per heavy atom. The summed E-state index contributed by atoms with van der Waals surface area (Å²) >= 11 is 12.2. The maximum atomic E-state index is 9.49. The van der Waals surface area contributed by atoms with Crippen LogP contribution in [0.2, 0.25) is 5.02 Å². The van der Waals surface area contributed by atoms with Crippen LogP contribution in [0.5, 0.6) is 5.75 Å². The van der Waals surface area contributed by atoms with E-state index in [0.29, 0.717) is 17.4 Å². The Morgan fingerprint density at radius 1 is 1.13 bits per heavy atom. The first kappa shape index (κ1) is 16.2. The smallest absolute Gasteiger partial charge is 0.115 e. The van der Waals surface area contributed by atoms with Crippen molar-refractivity contribution in [1.29, 1.82) is 0 Å². The molecule has 5 heteroatoms. The fraction of sp³-hybridized carbons (Fsp3) is 0.278. The van der Waals surface area contributed by atoms with Gasteiger partial charge in [0.15, 0.2) is 0 Å². The van der Waals surface area contributed by atoms with Crippen LogP contribution in [0.15, 0.2) is 42.6 Å². The van der Waals surface area contributed by atoms with E-state index in [4.69, 9.17) is 23.2 Å². The number of rotatable bonds is 4. The first-order valence-corrected chi connectivity index (χ1v) is 8.36. The number of hydrogen-bond acceptors (Lipinski definition) is 2. The Labute approximate surface area is 145 Å². The summed E-state index contributed by atoms with van der Waals surface area (Å²) < 4.78 is 1.82. The monoisotopic (exact) mass is 348 g/mol. The Morgan fingerprint density at radius 3 is 2.48 bits per heavy atom. The zero-order valence-electron chi connectivity index (χ0n) is 13.1. The lowest BCUT2D eigenvalue weighted by molar-refractivity contribution is 0.474. The average molecular weight is 349 g/mol. The van der Waals surface area contributed by atoms with Gasteiger partial charge in [0.05, 0.1) is 11.6 Å². The van der Waals surface area contributed by atoms with Gasteiger partial charge in [-0.1, -0.05) is 37.6 Å². The molecular weight excluding hydrogens is 331 g/mol. The van der Waals surface area contributed by atoms with Crippen molar-refractivity contribution in [3.63, 3.8) is 0 Å². The van der Waals surface area contributed by atoms with E-state index < -0.39 is 0 Å². The lowest BCUT2D eigenvalue weighted by atomic mass is 9.78. The van der Waals surface area contributed by atoms with Gasteiger partial charge in [0.2, 0.25) is 0 Å². The summed E-state index contributed by atoms with van der Waals surface area (Å²) in [5.41, 5.74) is 2.77. The van der Waals surface area contributed by atoms with Gasteiger partial charge in [-0.3, -0.25) is 4.68 Å². The number of nitrogens with zero attached hydrogens (tertiary/aromatic N) is 2. The van der Waals surface area contributed by atoms with Crippen molar-refractivity contribution in [1.82, 2.24) is 9.78 Å². The predicted molar refractivity (Wildman–Crippen MR) is 95.7 cm³/mol. The normalized spacial score (nSPS) is 12.0. The molecule has 3 nitrogen and oxygen atoms in total. The van der Waals surface area contributed by atoms with Gasteiger partial charge >= 0.3 is 0 Å². The Kier molecular flexibility index (Phi) is 4.26. The summed E-state index contributed by atoms with van der Waals surface area (Å²) in [6, 6.07) is 11.4. The van der Waals surface area contributed by atoms with Crippen LogP contribution in [0, 0.1) is 0 Å². The SMILES string of the molecule is CC(C)(c1ccc(O)cc1)c1cc(Cl)c2nn(CCCl)cc2c1. The molecule has 0 saturated carbocycles. The highest BCUT2D eigenvalue weighted by Gasteiger charge is 2.24. The Hall–Kier alpha value is -1.71. The van der Waals surface area contributed by atoms with Crippen LogP contribution < -0.4 is 0 Å². The van der Waals surface area contributed by atoms with Gasteiger partial charge in [-0.2, -0.15) is 5.10 Å². The standard InChI is InChI=1S/C18H18Cl2N2O/c1-18(2,13-3-5-15(23)6-4-13)14-9-12-11-22(8-7-19)21-17(12)16(20)10-14/h3-6,9-11,23H,7-8H2,1-2H3. The topological polar surface area (TPSA) is 38.1 Å². The summed E-state index contributed by atoms with van der Waals surface area (Å²) in [6.07, 6.45) is 1.97. The number of alkyl halides is 1. The quantitative estimate of drug-likeness (QED) is 0.676. The molecule has 0 unspecified atom stereocenters. The van der Waals surface area contributed by atoms with E-state index in [1.807, 2.05) is 29.1 Å². The molecule has 23 heavy (non-hydrogen) atoms. The van der Waals surface area contributed by atoms with E-state index in [-0.39, 0.29) is 11.2 Å². The molecule has 0 spiro atoms. The van der Waals surface area contributed by atoms with E-state index in [1.165, 1.54) is 0 Å². The molecule has 0 aliphatic rings. The fourth-order valence-electron chi connectivity index (χ4n) is 2.75. The van der Waals surface area contributed by atoms with Gasteiger partial charge in [0.1, 0.15) is 11.3 Å². The van der Waals surface area contributed by atoms with Crippen LogP contribution in [-0.4, -0.2) is 20.8 Å². The molecule has 0 radical (unpaired) electrons. The molecule has 1 aromatic heterocycles. The molecule has 1 heterocycles. The molecule has 3 rings (SSSR count). The summed E-state index contributed by atoms with van der Waals surface area (Å²) in [5, 5.41) is 15.6. The second-order valence-corrected chi connectivity index (χ2v) is 6.93. The molecule has 0 amide bonds. The number of hydrogen-bond donors (Lipinski definition) is 1. The first-order chi connectivity index (χ1) is 10.9. The third-order valence-corrected chi connectivity index (χ3v) is 4.69. The summed E-state index contributed by atoms with van der Waals surface area (Å²) in [7, 11) is 0. The molecule has 2 aromatic carbocycles. The van der Waals surface area contributed by atoms with Gasteiger partial charge in [-0.15, -0.1) is 11.6 Å². The molecule has 0 aliphatic carbocycles. The number of benzene rings is 2. The highest BCUT2D eigenvalue weighted by molar-refractivity contribution is 6.35.